The van der Waals surface area contributed by atoms with Crippen LogP contribution in [-0.4, -0.2) is 18.6 Å². The van der Waals surface area contributed by atoms with Crippen molar-refractivity contribution in [3.05, 3.63) is 83.6 Å². The summed E-state index contributed by atoms with van der Waals surface area (Å²) in [5.41, 5.74) is 6.39. The van der Waals surface area contributed by atoms with Gasteiger partial charge in [0.2, 0.25) is 6.41 Å². The van der Waals surface area contributed by atoms with Crippen molar-refractivity contribution in [2.75, 3.05) is 0 Å². The minimum Gasteiger partial charge on any atom is -0.353 e. The smallest absolute Gasteiger partial charge is 0.207 e. The number of hydrogen-bond acceptors (Lipinski definition) is 3. The molecule has 0 unspecified atom stereocenters. The van der Waals surface area contributed by atoms with E-state index in [0.29, 0.717) is 0 Å². The van der Waals surface area contributed by atoms with Crippen LogP contribution in [0.25, 0.3) is 0 Å². The Labute approximate surface area is 136 Å². The highest BCUT2D eigenvalue weighted by Gasteiger charge is 2.26. The predicted molar refractivity (Wildman–Crippen MR) is 89.4 cm³/mol. The molecule has 2 aromatic rings. The quantitative estimate of drug-likeness (QED) is 0.772. The molecule has 1 aliphatic rings. The van der Waals surface area contributed by atoms with Gasteiger partial charge in [-0.15, -0.1) is 0 Å². The number of carbonyl (C=O) groups excluding carboxylic acids is 1. The molecular formula is C19H20N2O2. The van der Waals surface area contributed by atoms with Crippen molar-refractivity contribution in [2.24, 2.45) is 0 Å². The molecule has 4 nitrogen and oxygen atoms in total. The second kappa shape index (κ2) is 7.61. The van der Waals surface area contributed by atoms with Gasteiger partial charge in [-0.3, -0.25) is 15.1 Å². The fraction of sp³-hybridized carbons (Fsp3) is 0.211. The highest BCUT2D eigenvalue weighted by molar-refractivity contribution is 5.47. The van der Waals surface area contributed by atoms with Gasteiger partial charge < -0.3 is 5.32 Å². The predicted octanol–water partition coefficient (Wildman–Crippen LogP) is 2.37. The minimum absolute atomic E-state index is 0.101. The summed E-state index contributed by atoms with van der Waals surface area (Å²) in [4.78, 5) is 16.6. The number of nitrogens with one attached hydrogen (secondary N) is 2. The second-order valence-electron chi connectivity index (χ2n) is 5.62. The fourth-order valence-electron chi connectivity index (χ4n) is 2.74. The number of rotatable bonds is 7. The summed E-state index contributed by atoms with van der Waals surface area (Å²) in [5.74, 6) is 0. The maximum absolute atomic E-state index is 10.9. The van der Waals surface area contributed by atoms with Crippen LogP contribution in [0.4, 0.5) is 0 Å². The summed E-state index contributed by atoms with van der Waals surface area (Å²) < 4.78 is 0. The monoisotopic (exact) mass is 308 g/mol. The molecule has 0 aromatic heterocycles. The van der Waals surface area contributed by atoms with Gasteiger partial charge in [-0.1, -0.05) is 60.7 Å². The summed E-state index contributed by atoms with van der Waals surface area (Å²) >= 11 is 0. The number of amides is 1. The normalized spacial score (nSPS) is 17.9. The van der Waals surface area contributed by atoms with Crippen LogP contribution in [0.2, 0.25) is 0 Å². The molecule has 2 aromatic carbocycles. The summed E-state index contributed by atoms with van der Waals surface area (Å²) in [5, 5.41) is 2.87. The van der Waals surface area contributed by atoms with Crippen LogP contribution in [-0.2, 0) is 22.5 Å². The molecule has 2 N–H and O–H groups in total. The number of hydroxylamine groups is 1. The van der Waals surface area contributed by atoms with E-state index in [1.165, 1.54) is 11.1 Å². The average Bonchev–Trinajstić information content (AvgIpc) is 3.05. The minimum atomic E-state index is -0.181. The summed E-state index contributed by atoms with van der Waals surface area (Å²) in [6, 6.07) is 20.2. The van der Waals surface area contributed by atoms with Crippen LogP contribution < -0.4 is 10.8 Å². The van der Waals surface area contributed by atoms with Crippen LogP contribution in [0.1, 0.15) is 11.1 Å². The van der Waals surface area contributed by atoms with E-state index in [9.17, 15) is 4.79 Å². The zero-order chi connectivity index (χ0) is 15.9. The largest absolute Gasteiger partial charge is 0.353 e. The zero-order valence-electron chi connectivity index (χ0n) is 12.8. The highest BCUT2D eigenvalue weighted by atomic mass is 16.7. The highest BCUT2D eigenvalue weighted by Crippen LogP contribution is 2.17. The first-order valence-corrected chi connectivity index (χ1v) is 7.75. The maximum Gasteiger partial charge on any atom is 0.207 e. The summed E-state index contributed by atoms with van der Waals surface area (Å²) in [6.45, 7) is 0. The van der Waals surface area contributed by atoms with E-state index in [-0.39, 0.29) is 12.1 Å². The van der Waals surface area contributed by atoms with Gasteiger partial charge in [0.25, 0.3) is 0 Å². The van der Waals surface area contributed by atoms with Crippen molar-refractivity contribution in [2.45, 2.75) is 25.0 Å². The first kappa shape index (κ1) is 15.3. The number of benzene rings is 2. The Bertz CT molecular complexity index is 656. The molecule has 23 heavy (non-hydrogen) atoms. The molecule has 0 spiro atoms. The van der Waals surface area contributed by atoms with Gasteiger partial charge in [-0.25, -0.2) is 0 Å². The Morgan fingerprint density at radius 2 is 1.70 bits per heavy atom. The van der Waals surface area contributed by atoms with Crippen LogP contribution in [0.3, 0.4) is 0 Å². The third-order valence-corrected chi connectivity index (χ3v) is 3.91. The molecule has 0 saturated carbocycles. The Balaban J connectivity index is 1.67. The Hall–Kier alpha value is -2.59. The molecular weight excluding hydrogens is 288 g/mol. The lowest BCUT2D eigenvalue weighted by molar-refractivity contribution is -0.111. The van der Waals surface area contributed by atoms with Crippen molar-refractivity contribution in [3.63, 3.8) is 0 Å². The van der Waals surface area contributed by atoms with Crippen molar-refractivity contribution in [3.8, 4) is 0 Å². The fourth-order valence-corrected chi connectivity index (χ4v) is 2.74. The van der Waals surface area contributed by atoms with E-state index in [4.69, 9.17) is 4.84 Å². The average molecular weight is 308 g/mol. The molecule has 1 aliphatic heterocycles. The maximum atomic E-state index is 10.9. The molecule has 2 atom stereocenters. The first-order chi connectivity index (χ1) is 11.3. The SMILES string of the molecule is O=CN[C@@H](Cc1ccccc1)[C@H]1C=C(Cc2ccccc2)NO1. The van der Waals surface area contributed by atoms with Gasteiger partial charge in [0, 0.05) is 12.1 Å². The molecule has 1 heterocycles. The van der Waals surface area contributed by atoms with E-state index in [2.05, 4.69) is 41.1 Å². The van der Waals surface area contributed by atoms with Crippen molar-refractivity contribution < 1.29 is 9.63 Å². The van der Waals surface area contributed by atoms with Gasteiger partial charge in [0.15, 0.2) is 0 Å². The molecule has 0 saturated heterocycles. The number of carbonyl (C=O) groups is 1. The third-order valence-electron chi connectivity index (χ3n) is 3.91. The van der Waals surface area contributed by atoms with Crippen LogP contribution >= 0.6 is 0 Å². The van der Waals surface area contributed by atoms with Gasteiger partial charge in [0.05, 0.1) is 6.04 Å². The lowest BCUT2D eigenvalue weighted by Crippen LogP contribution is -2.41. The van der Waals surface area contributed by atoms with Gasteiger partial charge in [-0.2, -0.15) is 0 Å². The lowest BCUT2D eigenvalue weighted by atomic mass is 10.00. The molecule has 118 valence electrons. The summed E-state index contributed by atoms with van der Waals surface area (Å²) in [7, 11) is 0. The molecule has 3 rings (SSSR count). The third kappa shape index (κ3) is 4.20. The molecule has 1 amide bonds. The van der Waals surface area contributed by atoms with Gasteiger partial charge in [-0.05, 0) is 23.6 Å². The van der Waals surface area contributed by atoms with E-state index in [1.807, 2.05) is 36.4 Å². The standard InChI is InChI=1S/C19H20N2O2/c22-14-20-18(12-16-9-5-2-6-10-16)19-13-17(21-23-19)11-15-7-3-1-4-8-15/h1-10,13-14,18-19,21H,11-12H2,(H,20,22)/t18-,19+/m0/s1. The van der Waals surface area contributed by atoms with Gasteiger partial charge >= 0.3 is 0 Å². The number of hydrogen-bond donors (Lipinski definition) is 2. The molecule has 0 fully saturated rings. The van der Waals surface area contributed by atoms with E-state index >= 15 is 0 Å². The Morgan fingerprint density at radius 1 is 1.04 bits per heavy atom. The van der Waals surface area contributed by atoms with Crippen molar-refractivity contribution in [1.82, 2.24) is 10.8 Å². The second-order valence-corrected chi connectivity index (χ2v) is 5.62. The Morgan fingerprint density at radius 3 is 2.35 bits per heavy atom. The van der Waals surface area contributed by atoms with E-state index in [1.54, 1.807) is 0 Å². The molecule has 4 heteroatoms. The van der Waals surface area contributed by atoms with Crippen LogP contribution in [0.15, 0.2) is 72.4 Å². The first-order valence-electron chi connectivity index (χ1n) is 7.75. The summed E-state index contributed by atoms with van der Waals surface area (Å²) in [6.07, 6.45) is 4.12. The molecule has 0 aliphatic carbocycles. The zero-order valence-corrected chi connectivity index (χ0v) is 12.8. The van der Waals surface area contributed by atoms with E-state index < -0.39 is 0 Å². The molecule has 0 bridgehead atoms. The number of allylic oxidation sites excluding steroid dienone is 1. The topological polar surface area (TPSA) is 50.4 Å². The van der Waals surface area contributed by atoms with Crippen LogP contribution in [0.5, 0.6) is 0 Å². The lowest BCUT2D eigenvalue weighted by Gasteiger charge is -2.20. The molecule has 0 radical (unpaired) electrons. The Kier molecular flexibility index (Phi) is 5.06. The van der Waals surface area contributed by atoms with E-state index in [0.717, 1.165) is 24.9 Å². The van der Waals surface area contributed by atoms with Crippen molar-refractivity contribution >= 4 is 6.41 Å². The van der Waals surface area contributed by atoms with Crippen LogP contribution in [0, 0.1) is 0 Å². The van der Waals surface area contributed by atoms with Gasteiger partial charge in [0.1, 0.15) is 6.10 Å². The van der Waals surface area contributed by atoms with Crippen molar-refractivity contribution in [1.29, 1.82) is 0 Å².